The van der Waals surface area contributed by atoms with Gasteiger partial charge in [0.1, 0.15) is 0 Å². The molecule has 116 valence electrons. The molecule has 1 saturated carbocycles. The largest absolute Gasteiger partial charge is 0.356 e. The smallest absolute Gasteiger partial charge is 0.261 e. The Morgan fingerprint density at radius 3 is 2.81 bits per heavy atom. The van der Waals surface area contributed by atoms with Crippen molar-refractivity contribution in [2.45, 2.75) is 38.1 Å². The van der Waals surface area contributed by atoms with Crippen LogP contribution in [0.1, 0.15) is 41.8 Å². The Balaban J connectivity index is 1.57. The van der Waals surface area contributed by atoms with E-state index in [-0.39, 0.29) is 23.8 Å². The number of rotatable bonds is 6. The third-order valence-corrected chi connectivity index (χ3v) is 4.64. The molecule has 6 heteroatoms. The average Bonchev–Trinajstić information content (AvgIpc) is 3.00. The second-order valence-electron chi connectivity index (χ2n) is 5.50. The average molecular weight is 309 g/mol. The van der Waals surface area contributed by atoms with Crippen molar-refractivity contribution in [3.63, 3.8) is 0 Å². The van der Waals surface area contributed by atoms with Crippen LogP contribution in [0.4, 0.5) is 0 Å². The Labute approximate surface area is 129 Å². The number of hydrogen-bond donors (Lipinski definition) is 3. The topological polar surface area (TPSA) is 84.2 Å². The van der Waals surface area contributed by atoms with E-state index >= 15 is 0 Å². The van der Waals surface area contributed by atoms with E-state index in [1.54, 1.807) is 6.07 Å². The molecule has 0 spiro atoms. The Morgan fingerprint density at radius 2 is 2.10 bits per heavy atom. The second kappa shape index (κ2) is 8.14. The Morgan fingerprint density at radius 1 is 1.29 bits per heavy atom. The van der Waals surface area contributed by atoms with Crippen LogP contribution in [-0.4, -0.2) is 30.9 Å². The van der Waals surface area contributed by atoms with Crippen molar-refractivity contribution in [2.75, 3.05) is 13.1 Å². The van der Waals surface area contributed by atoms with Gasteiger partial charge in [-0.15, -0.1) is 11.3 Å². The van der Waals surface area contributed by atoms with Gasteiger partial charge in [0.05, 0.1) is 4.88 Å². The van der Waals surface area contributed by atoms with E-state index in [0.29, 0.717) is 13.1 Å². The maximum absolute atomic E-state index is 12.0. The second-order valence-corrected chi connectivity index (χ2v) is 6.45. The standard InChI is InChI=1S/C15H23N3O2S/c16-12-5-1-4-11(10-12)14(19)17-7-3-8-18-15(20)13-6-2-9-21-13/h2,6,9,11-12H,1,3-5,7-8,10,16H2,(H,17,19)(H,18,20). The Bertz CT molecular complexity index is 461. The van der Waals surface area contributed by atoms with Crippen LogP contribution < -0.4 is 16.4 Å². The van der Waals surface area contributed by atoms with E-state index in [1.165, 1.54) is 11.3 Å². The lowest BCUT2D eigenvalue weighted by Gasteiger charge is -2.25. The monoisotopic (exact) mass is 309 g/mol. The number of thiophene rings is 1. The molecular weight excluding hydrogens is 286 g/mol. The molecule has 1 fully saturated rings. The van der Waals surface area contributed by atoms with Crippen LogP contribution in [-0.2, 0) is 4.79 Å². The number of carbonyl (C=O) groups is 2. The lowest BCUT2D eigenvalue weighted by Crippen LogP contribution is -2.38. The highest BCUT2D eigenvalue weighted by molar-refractivity contribution is 7.12. The van der Waals surface area contributed by atoms with Gasteiger partial charge in [-0.25, -0.2) is 0 Å². The molecule has 2 rings (SSSR count). The summed E-state index contributed by atoms with van der Waals surface area (Å²) >= 11 is 1.43. The molecule has 1 aliphatic rings. The molecule has 0 saturated heterocycles. The van der Waals surface area contributed by atoms with Crippen molar-refractivity contribution in [1.29, 1.82) is 0 Å². The lowest BCUT2D eigenvalue weighted by molar-refractivity contribution is -0.126. The van der Waals surface area contributed by atoms with Gasteiger partial charge in [0.15, 0.2) is 0 Å². The van der Waals surface area contributed by atoms with Gasteiger partial charge in [0, 0.05) is 25.0 Å². The first-order chi connectivity index (χ1) is 10.2. The summed E-state index contributed by atoms with van der Waals surface area (Å²) in [5, 5.41) is 7.66. The van der Waals surface area contributed by atoms with Crippen molar-refractivity contribution < 1.29 is 9.59 Å². The molecule has 0 bridgehead atoms. The number of nitrogens with one attached hydrogen (secondary N) is 2. The minimum Gasteiger partial charge on any atom is -0.356 e. The van der Waals surface area contributed by atoms with Crippen molar-refractivity contribution >= 4 is 23.2 Å². The molecule has 4 N–H and O–H groups in total. The van der Waals surface area contributed by atoms with Gasteiger partial charge in [-0.2, -0.15) is 0 Å². The maximum atomic E-state index is 12.0. The fourth-order valence-corrected chi connectivity index (χ4v) is 3.25. The van der Waals surface area contributed by atoms with Gasteiger partial charge < -0.3 is 16.4 Å². The van der Waals surface area contributed by atoms with E-state index < -0.39 is 0 Å². The predicted octanol–water partition coefficient (Wildman–Crippen LogP) is 1.50. The zero-order valence-electron chi connectivity index (χ0n) is 12.1. The molecular formula is C15H23N3O2S. The van der Waals surface area contributed by atoms with Gasteiger partial charge in [-0.1, -0.05) is 12.5 Å². The molecule has 1 aliphatic carbocycles. The summed E-state index contributed by atoms with van der Waals surface area (Å²) in [6.45, 7) is 1.16. The number of hydrogen-bond acceptors (Lipinski definition) is 4. The third-order valence-electron chi connectivity index (χ3n) is 3.77. The molecule has 2 unspecified atom stereocenters. The fourth-order valence-electron chi connectivity index (χ4n) is 2.61. The molecule has 2 atom stereocenters. The normalized spacial score (nSPS) is 21.8. The van der Waals surface area contributed by atoms with Crippen molar-refractivity contribution in [2.24, 2.45) is 11.7 Å². The van der Waals surface area contributed by atoms with Crippen molar-refractivity contribution in [1.82, 2.24) is 10.6 Å². The molecule has 5 nitrogen and oxygen atoms in total. The summed E-state index contributed by atoms with van der Waals surface area (Å²) in [6, 6.07) is 3.82. The van der Waals surface area contributed by atoms with Crippen molar-refractivity contribution in [3.8, 4) is 0 Å². The van der Waals surface area contributed by atoms with E-state index in [4.69, 9.17) is 5.73 Å². The number of carbonyl (C=O) groups excluding carboxylic acids is 2. The van der Waals surface area contributed by atoms with Gasteiger partial charge in [-0.05, 0) is 37.1 Å². The highest BCUT2D eigenvalue weighted by atomic mass is 32.1. The summed E-state index contributed by atoms with van der Waals surface area (Å²) in [6.07, 6.45) is 4.53. The van der Waals surface area contributed by atoms with Gasteiger partial charge >= 0.3 is 0 Å². The van der Waals surface area contributed by atoms with Gasteiger partial charge in [0.2, 0.25) is 5.91 Å². The molecule has 0 radical (unpaired) electrons. The summed E-state index contributed by atoms with van der Waals surface area (Å²) in [5.74, 6) is 0.124. The quantitative estimate of drug-likeness (QED) is 0.696. The van der Waals surface area contributed by atoms with Crippen LogP contribution in [0, 0.1) is 5.92 Å². The number of amides is 2. The summed E-state index contributed by atoms with van der Waals surface area (Å²) in [5.41, 5.74) is 5.89. The van der Waals surface area contributed by atoms with Crippen LogP contribution in [0.15, 0.2) is 17.5 Å². The molecule has 1 heterocycles. The highest BCUT2D eigenvalue weighted by Gasteiger charge is 2.24. The molecule has 0 aromatic carbocycles. The maximum Gasteiger partial charge on any atom is 0.261 e. The van der Waals surface area contributed by atoms with Gasteiger partial charge in [0.25, 0.3) is 5.91 Å². The first kappa shape index (κ1) is 16.0. The SMILES string of the molecule is NC1CCCC(C(=O)NCCCNC(=O)c2cccs2)C1. The van der Waals surface area contributed by atoms with Crippen LogP contribution in [0.3, 0.4) is 0 Å². The summed E-state index contributed by atoms with van der Waals surface area (Å²) in [4.78, 5) is 24.4. The number of nitrogens with two attached hydrogens (primary N) is 1. The minimum absolute atomic E-state index is 0.0467. The summed E-state index contributed by atoms with van der Waals surface area (Å²) < 4.78 is 0. The minimum atomic E-state index is -0.0467. The first-order valence-electron chi connectivity index (χ1n) is 7.52. The molecule has 0 aliphatic heterocycles. The Hall–Kier alpha value is -1.40. The zero-order valence-corrected chi connectivity index (χ0v) is 13.0. The van der Waals surface area contributed by atoms with Crippen LogP contribution in [0.25, 0.3) is 0 Å². The van der Waals surface area contributed by atoms with Crippen LogP contribution in [0.5, 0.6) is 0 Å². The fraction of sp³-hybridized carbons (Fsp3) is 0.600. The van der Waals surface area contributed by atoms with Gasteiger partial charge in [-0.3, -0.25) is 9.59 Å². The highest BCUT2D eigenvalue weighted by Crippen LogP contribution is 2.22. The van der Waals surface area contributed by atoms with E-state index in [2.05, 4.69) is 10.6 Å². The lowest BCUT2D eigenvalue weighted by atomic mass is 9.85. The zero-order chi connectivity index (χ0) is 15.1. The molecule has 21 heavy (non-hydrogen) atoms. The van der Waals surface area contributed by atoms with Crippen molar-refractivity contribution in [3.05, 3.63) is 22.4 Å². The predicted molar refractivity (Wildman–Crippen MR) is 84.2 cm³/mol. The van der Waals surface area contributed by atoms with E-state index in [0.717, 1.165) is 37.0 Å². The van der Waals surface area contributed by atoms with E-state index in [1.807, 2.05) is 11.4 Å². The van der Waals surface area contributed by atoms with Crippen LogP contribution >= 0.6 is 11.3 Å². The third kappa shape index (κ3) is 5.13. The van der Waals surface area contributed by atoms with E-state index in [9.17, 15) is 9.59 Å². The summed E-state index contributed by atoms with van der Waals surface area (Å²) in [7, 11) is 0. The Kier molecular flexibility index (Phi) is 6.20. The van der Waals surface area contributed by atoms with Crippen LogP contribution in [0.2, 0.25) is 0 Å². The molecule has 1 aromatic heterocycles. The first-order valence-corrected chi connectivity index (χ1v) is 8.40. The molecule has 1 aromatic rings. The molecule has 2 amide bonds.